The number of benzene rings is 1. The highest BCUT2D eigenvalue weighted by molar-refractivity contribution is 9.10. The van der Waals surface area contributed by atoms with E-state index in [1.807, 2.05) is 38.1 Å². The Morgan fingerprint density at radius 3 is 2.62 bits per heavy atom. The largest absolute Gasteiger partial charge is 0.317 e. The third-order valence-corrected chi connectivity index (χ3v) is 6.06. The van der Waals surface area contributed by atoms with Crippen molar-refractivity contribution < 1.29 is 4.79 Å². The van der Waals surface area contributed by atoms with Gasteiger partial charge in [0.1, 0.15) is 0 Å². The maximum absolute atomic E-state index is 12.7. The van der Waals surface area contributed by atoms with Gasteiger partial charge >= 0.3 is 0 Å². The first-order valence-electron chi connectivity index (χ1n) is 8.67. The van der Waals surface area contributed by atoms with E-state index in [0.29, 0.717) is 13.1 Å². The number of amides is 1. The topological polar surface area (TPSA) is 37.6 Å². The molecular formula is C20H22BrN3OS. The summed E-state index contributed by atoms with van der Waals surface area (Å²) in [7, 11) is 0. The van der Waals surface area contributed by atoms with Gasteiger partial charge < -0.3 is 4.57 Å². The molecule has 0 saturated carbocycles. The molecule has 0 aliphatic carbocycles. The molecule has 1 saturated heterocycles. The van der Waals surface area contributed by atoms with Crippen LogP contribution in [0.2, 0.25) is 0 Å². The average molecular weight is 432 g/mol. The van der Waals surface area contributed by atoms with Crippen LogP contribution < -0.4 is 0 Å². The van der Waals surface area contributed by atoms with Crippen LogP contribution in [0, 0.1) is 13.8 Å². The van der Waals surface area contributed by atoms with Crippen LogP contribution in [0.3, 0.4) is 0 Å². The lowest BCUT2D eigenvalue weighted by atomic mass is 10.2. The normalized spacial score (nSPS) is 17.7. The molecule has 0 unspecified atom stereocenters. The summed E-state index contributed by atoms with van der Waals surface area (Å²) in [5.41, 5.74) is 4.40. The number of nitrogens with zero attached hydrogens (tertiary/aromatic N) is 3. The summed E-state index contributed by atoms with van der Waals surface area (Å²) in [6.07, 6.45) is 1.99. The number of para-hydroxylation sites is 1. The van der Waals surface area contributed by atoms with Crippen LogP contribution in [0.4, 0.5) is 0 Å². The van der Waals surface area contributed by atoms with Crippen molar-refractivity contribution in [3.63, 3.8) is 0 Å². The Hall–Kier alpha value is -1.79. The second-order valence-electron chi connectivity index (χ2n) is 6.03. The number of carbonyl (C=O) groups is 1. The predicted molar refractivity (Wildman–Crippen MR) is 114 cm³/mol. The maximum Gasteiger partial charge on any atom is 0.266 e. The quantitative estimate of drug-likeness (QED) is 0.626. The van der Waals surface area contributed by atoms with Crippen LogP contribution in [-0.4, -0.2) is 33.6 Å². The zero-order valence-corrected chi connectivity index (χ0v) is 17.8. The van der Waals surface area contributed by atoms with E-state index in [4.69, 9.17) is 0 Å². The van der Waals surface area contributed by atoms with Crippen LogP contribution in [-0.2, 0) is 4.79 Å². The van der Waals surface area contributed by atoms with Crippen molar-refractivity contribution in [2.24, 2.45) is 4.99 Å². The van der Waals surface area contributed by atoms with Crippen LogP contribution in [0.25, 0.3) is 11.8 Å². The Labute approximate surface area is 167 Å². The minimum absolute atomic E-state index is 0.0374. The van der Waals surface area contributed by atoms with Gasteiger partial charge in [0.2, 0.25) is 0 Å². The molecule has 4 nitrogen and oxygen atoms in total. The molecule has 2 aromatic rings. The Kier molecular flexibility index (Phi) is 5.73. The predicted octanol–water partition coefficient (Wildman–Crippen LogP) is 5.17. The Bertz CT molecular complexity index is 914. The number of likely N-dealkylation sites (N-methyl/N-ethyl adjacent to an activating group) is 1. The molecule has 1 amide bonds. The summed E-state index contributed by atoms with van der Waals surface area (Å²) in [4.78, 5) is 19.6. The minimum Gasteiger partial charge on any atom is -0.317 e. The van der Waals surface area contributed by atoms with Gasteiger partial charge in [-0.15, -0.1) is 0 Å². The van der Waals surface area contributed by atoms with Crippen molar-refractivity contribution in [1.29, 1.82) is 0 Å². The summed E-state index contributed by atoms with van der Waals surface area (Å²) in [6.45, 7) is 9.44. The first-order valence-corrected chi connectivity index (χ1v) is 10.3. The van der Waals surface area contributed by atoms with Gasteiger partial charge in [-0.2, -0.15) is 0 Å². The molecule has 0 bridgehead atoms. The maximum atomic E-state index is 12.7. The summed E-state index contributed by atoms with van der Waals surface area (Å²) in [6, 6.07) is 10.3. The molecule has 1 fully saturated rings. The van der Waals surface area contributed by atoms with E-state index in [-0.39, 0.29) is 5.91 Å². The Balaban J connectivity index is 2.03. The number of aryl methyl sites for hydroxylation is 1. The molecule has 136 valence electrons. The molecule has 0 atom stereocenters. The van der Waals surface area contributed by atoms with Gasteiger partial charge in [0.05, 0.1) is 10.6 Å². The van der Waals surface area contributed by atoms with Gasteiger partial charge in [-0.1, -0.05) is 12.1 Å². The third kappa shape index (κ3) is 3.40. The van der Waals surface area contributed by atoms with E-state index >= 15 is 0 Å². The summed E-state index contributed by atoms with van der Waals surface area (Å²) >= 11 is 5.10. The minimum atomic E-state index is 0.0374. The highest BCUT2D eigenvalue weighted by Crippen LogP contribution is 2.34. The van der Waals surface area contributed by atoms with Gasteiger partial charge in [0.15, 0.2) is 5.17 Å². The van der Waals surface area contributed by atoms with Crippen LogP contribution in [0.5, 0.6) is 0 Å². The third-order valence-electron chi connectivity index (χ3n) is 4.35. The lowest BCUT2D eigenvalue weighted by Gasteiger charge is -2.11. The van der Waals surface area contributed by atoms with E-state index in [1.165, 1.54) is 11.8 Å². The standard InChI is InChI=1S/C20H22BrN3OS/c1-5-22-20-23(6-2)19(25)18(26-20)12-15-11-13(3)24(14(15)4)17-10-8-7-9-16(17)21/h7-12H,5-6H2,1-4H3/b18-12+,22-20?. The molecule has 0 N–H and O–H groups in total. The SMILES string of the molecule is CCN=C1S/C(=C/c2cc(C)n(-c3ccccc3Br)c2C)C(=O)N1CC. The molecular weight excluding hydrogens is 410 g/mol. The van der Waals surface area contributed by atoms with E-state index in [2.05, 4.69) is 51.5 Å². The number of hydrogen-bond acceptors (Lipinski definition) is 3. The van der Waals surface area contributed by atoms with E-state index < -0.39 is 0 Å². The monoisotopic (exact) mass is 431 g/mol. The van der Waals surface area contributed by atoms with Crippen molar-refractivity contribution in [2.75, 3.05) is 13.1 Å². The number of hydrogen-bond donors (Lipinski definition) is 0. The number of rotatable bonds is 4. The number of carbonyl (C=O) groups excluding carboxylic acids is 1. The van der Waals surface area contributed by atoms with Gasteiger partial charge in [-0.25, -0.2) is 0 Å². The first kappa shape index (κ1) is 19.0. The molecule has 1 aromatic carbocycles. The second kappa shape index (κ2) is 7.84. The van der Waals surface area contributed by atoms with E-state index in [1.54, 1.807) is 4.90 Å². The fourth-order valence-electron chi connectivity index (χ4n) is 3.12. The molecule has 1 aromatic heterocycles. The van der Waals surface area contributed by atoms with E-state index in [9.17, 15) is 4.79 Å². The van der Waals surface area contributed by atoms with Crippen LogP contribution in [0.1, 0.15) is 30.8 Å². The number of aliphatic imine (C=N–C) groups is 1. The first-order chi connectivity index (χ1) is 12.5. The number of amidine groups is 1. The van der Waals surface area contributed by atoms with Gasteiger partial charge in [-0.05, 0) is 85.2 Å². The fourth-order valence-corrected chi connectivity index (χ4v) is 4.68. The van der Waals surface area contributed by atoms with Crippen LogP contribution >= 0.6 is 27.7 Å². The molecule has 0 spiro atoms. The summed E-state index contributed by atoms with van der Waals surface area (Å²) < 4.78 is 3.25. The molecule has 2 heterocycles. The molecule has 3 rings (SSSR count). The second-order valence-corrected chi connectivity index (χ2v) is 7.89. The molecule has 26 heavy (non-hydrogen) atoms. The van der Waals surface area contributed by atoms with Crippen molar-refractivity contribution in [3.05, 3.63) is 56.7 Å². The van der Waals surface area contributed by atoms with Crippen molar-refractivity contribution in [2.45, 2.75) is 27.7 Å². The number of halogens is 1. The van der Waals surface area contributed by atoms with Crippen LogP contribution in [0.15, 0.2) is 44.7 Å². The van der Waals surface area contributed by atoms with Gasteiger partial charge in [-0.3, -0.25) is 14.7 Å². The van der Waals surface area contributed by atoms with Crippen molar-refractivity contribution in [3.8, 4) is 5.69 Å². The lowest BCUT2D eigenvalue weighted by molar-refractivity contribution is -0.122. The number of thioether (sulfide) groups is 1. The van der Waals surface area contributed by atoms with Gasteiger partial charge in [0, 0.05) is 29.0 Å². The van der Waals surface area contributed by atoms with E-state index in [0.717, 1.165) is 37.2 Å². The highest BCUT2D eigenvalue weighted by Gasteiger charge is 2.32. The van der Waals surface area contributed by atoms with Crippen molar-refractivity contribution in [1.82, 2.24) is 9.47 Å². The molecule has 1 aliphatic heterocycles. The number of aromatic nitrogens is 1. The Morgan fingerprint density at radius 1 is 1.23 bits per heavy atom. The molecule has 0 radical (unpaired) electrons. The highest BCUT2D eigenvalue weighted by atomic mass is 79.9. The zero-order chi connectivity index (χ0) is 18.8. The van der Waals surface area contributed by atoms with Crippen molar-refractivity contribution >= 4 is 44.8 Å². The Morgan fingerprint density at radius 2 is 1.96 bits per heavy atom. The van der Waals surface area contributed by atoms with Gasteiger partial charge in [0.25, 0.3) is 5.91 Å². The molecule has 6 heteroatoms. The summed E-state index contributed by atoms with van der Waals surface area (Å²) in [5.74, 6) is 0.0374. The average Bonchev–Trinajstić information content (AvgIpc) is 3.05. The zero-order valence-electron chi connectivity index (χ0n) is 15.4. The molecule has 1 aliphatic rings. The smallest absolute Gasteiger partial charge is 0.266 e. The summed E-state index contributed by atoms with van der Waals surface area (Å²) in [5, 5.41) is 0.797. The lowest BCUT2D eigenvalue weighted by Crippen LogP contribution is -2.28. The fraction of sp³-hybridized carbons (Fsp3) is 0.300.